The van der Waals surface area contributed by atoms with Gasteiger partial charge in [-0.2, -0.15) is 5.10 Å². The SMILES string of the molecule is Cn1ncc2cccc(NC(=O)c3cn(-c4ccc5c(c4)C(=O)N(C4CCC(=O)NC4=O)C5)nn3)c21. The monoisotopic (exact) mass is 484 g/mol. The number of carbonyl (C=O) groups excluding carboxylic acids is 4. The van der Waals surface area contributed by atoms with E-state index in [1.165, 1.54) is 15.8 Å². The summed E-state index contributed by atoms with van der Waals surface area (Å²) in [7, 11) is 1.80. The molecule has 180 valence electrons. The van der Waals surface area contributed by atoms with Gasteiger partial charge in [0.25, 0.3) is 11.8 Å². The Kier molecular flexibility index (Phi) is 4.88. The van der Waals surface area contributed by atoms with E-state index in [0.717, 1.165) is 16.5 Å². The van der Waals surface area contributed by atoms with Crippen LogP contribution >= 0.6 is 0 Å². The number of fused-ring (bicyclic) bond motifs is 2. The Morgan fingerprint density at radius 3 is 2.86 bits per heavy atom. The Hall–Kier alpha value is -4.87. The van der Waals surface area contributed by atoms with Crippen molar-refractivity contribution in [1.82, 2.24) is 35.0 Å². The largest absolute Gasteiger partial charge is 0.322 e. The highest BCUT2D eigenvalue weighted by atomic mass is 16.2. The molecular weight excluding hydrogens is 464 g/mol. The number of anilines is 1. The molecule has 2 N–H and O–H groups in total. The number of rotatable bonds is 4. The highest BCUT2D eigenvalue weighted by Crippen LogP contribution is 2.29. The molecular formula is C24H20N8O4. The number of piperidine rings is 1. The normalized spacial score (nSPS) is 17.4. The van der Waals surface area contributed by atoms with Crippen molar-refractivity contribution in [1.29, 1.82) is 0 Å². The number of amides is 4. The van der Waals surface area contributed by atoms with Crippen LogP contribution in [0, 0.1) is 0 Å². The van der Waals surface area contributed by atoms with Crippen LogP contribution in [0.1, 0.15) is 39.3 Å². The molecule has 2 aromatic carbocycles. The molecule has 36 heavy (non-hydrogen) atoms. The van der Waals surface area contributed by atoms with Crippen molar-refractivity contribution in [2.75, 3.05) is 5.32 Å². The standard InChI is InChI=1S/C24H20N8O4/c1-30-21-13(10-25-30)3-2-4-17(21)26-22(34)18-12-32(29-28-18)15-6-5-14-11-31(24(36)16(14)9-15)19-7-8-20(33)27-23(19)35/h2-6,9-10,12,19H,7-8,11H2,1H3,(H,26,34)(H,27,33,35). The first-order valence-electron chi connectivity index (χ1n) is 11.3. The Labute approximate surface area is 203 Å². The van der Waals surface area contributed by atoms with E-state index < -0.39 is 17.9 Å². The number of nitrogens with zero attached hydrogens (tertiary/aromatic N) is 6. The molecule has 6 rings (SSSR count). The van der Waals surface area contributed by atoms with Gasteiger partial charge in [-0.25, -0.2) is 4.68 Å². The molecule has 2 aromatic heterocycles. The number of hydrogen-bond acceptors (Lipinski definition) is 7. The zero-order valence-electron chi connectivity index (χ0n) is 19.1. The van der Waals surface area contributed by atoms with Crippen molar-refractivity contribution in [3.8, 4) is 5.69 Å². The van der Waals surface area contributed by atoms with E-state index in [-0.39, 0.29) is 30.5 Å². The Morgan fingerprint density at radius 1 is 1.17 bits per heavy atom. The van der Waals surface area contributed by atoms with E-state index >= 15 is 0 Å². The van der Waals surface area contributed by atoms with Crippen molar-refractivity contribution in [2.45, 2.75) is 25.4 Å². The van der Waals surface area contributed by atoms with Crippen LogP contribution < -0.4 is 10.6 Å². The molecule has 12 heteroatoms. The molecule has 0 radical (unpaired) electrons. The van der Waals surface area contributed by atoms with Crippen LogP contribution in [0.4, 0.5) is 5.69 Å². The third-order valence-corrected chi connectivity index (χ3v) is 6.51. The van der Waals surface area contributed by atoms with Crippen molar-refractivity contribution in [2.24, 2.45) is 7.05 Å². The topological polar surface area (TPSA) is 144 Å². The Morgan fingerprint density at radius 2 is 2.03 bits per heavy atom. The lowest BCUT2D eigenvalue weighted by Crippen LogP contribution is -2.52. The average molecular weight is 484 g/mol. The van der Waals surface area contributed by atoms with Gasteiger partial charge in [0.15, 0.2) is 5.69 Å². The minimum absolute atomic E-state index is 0.103. The number of hydrogen-bond donors (Lipinski definition) is 2. The molecule has 1 atom stereocenters. The molecule has 1 saturated heterocycles. The average Bonchev–Trinajstić information content (AvgIpc) is 3.58. The summed E-state index contributed by atoms with van der Waals surface area (Å²) in [6.45, 7) is 0.283. The maximum atomic E-state index is 13.1. The summed E-state index contributed by atoms with van der Waals surface area (Å²) in [5.74, 6) is -1.51. The maximum Gasteiger partial charge on any atom is 0.277 e. The minimum Gasteiger partial charge on any atom is -0.322 e. The number of para-hydroxylation sites is 1. The Bertz CT molecular complexity index is 1590. The van der Waals surface area contributed by atoms with Crippen LogP contribution in [0.25, 0.3) is 16.6 Å². The van der Waals surface area contributed by atoms with E-state index in [4.69, 9.17) is 0 Å². The third kappa shape index (κ3) is 3.50. The zero-order valence-corrected chi connectivity index (χ0v) is 19.1. The minimum atomic E-state index is -0.684. The van der Waals surface area contributed by atoms with E-state index in [1.807, 2.05) is 12.1 Å². The highest BCUT2D eigenvalue weighted by molar-refractivity contribution is 6.07. The zero-order chi connectivity index (χ0) is 25.0. The lowest BCUT2D eigenvalue weighted by Gasteiger charge is -2.29. The summed E-state index contributed by atoms with van der Waals surface area (Å²) in [5.41, 5.74) is 3.26. The van der Waals surface area contributed by atoms with Gasteiger partial charge in [-0.1, -0.05) is 23.4 Å². The molecule has 0 spiro atoms. The summed E-state index contributed by atoms with van der Waals surface area (Å²) in [4.78, 5) is 51.2. The van der Waals surface area contributed by atoms with Crippen molar-refractivity contribution >= 4 is 40.2 Å². The van der Waals surface area contributed by atoms with Crippen LogP contribution in [0.2, 0.25) is 0 Å². The summed E-state index contributed by atoms with van der Waals surface area (Å²) >= 11 is 0. The number of aryl methyl sites for hydroxylation is 1. The summed E-state index contributed by atoms with van der Waals surface area (Å²) < 4.78 is 3.10. The second kappa shape index (κ2) is 8.12. The van der Waals surface area contributed by atoms with E-state index in [1.54, 1.807) is 42.2 Å². The van der Waals surface area contributed by atoms with Gasteiger partial charge in [0.1, 0.15) is 6.04 Å². The van der Waals surface area contributed by atoms with Crippen LogP contribution in [0.15, 0.2) is 48.8 Å². The van der Waals surface area contributed by atoms with Gasteiger partial charge in [-0.05, 0) is 30.2 Å². The Balaban J connectivity index is 1.22. The van der Waals surface area contributed by atoms with Crippen LogP contribution in [-0.4, -0.2) is 59.3 Å². The molecule has 0 aliphatic carbocycles. The first kappa shape index (κ1) is 21.6. The van der Waals surface area contributed by atoms with Gasteiger partial charge < -0.3 is 10.2 Å². The van der Waals surface area contributed by atoms with Crippen LogP contribution in [0.3, 0.4) is 0 Å². The number of carbonyl (C=O) groups is 4. The number of imide groups is 1. The van der Waals surface area contributed by atoms with E-state index in [2.05, 4.69) is 26.0 Å². The fourth-order valence-electron chi connectivity index (χ4n) is 4.70. The summed E-state index contributed by atoms with van der Waals surface area (Å²) in [6.07, 6.45) is 3.70. The maximum absolute atomic E-state index is 13.1. The highest BCUT2D eigenvalue weighted by Gasteiger charge is 2.39. The number of nitrogens with one attached hydrogen (secondary N) is 2. The predicted octanol–water partition coefficient (Wildman–Crippen LogP) is 1.17. The van der Waals surface area contributed by atoms with Gasteiger partial charge in [0.2, 0.25) is 11.8 Å². The van der Waals surface area contributed by atoms with E-state index in [0.29, 0.717) is 23.4 Å². The van der Waals surface area contributed by atoms with Gasteiger partial charge in [-0.15, -0.1) is 5.10 Å². The van der Waals surface area contributed by atoms with Crippen molar-refractivity contribution in [3.63, 3.8) is 0 Å². The van der Waals surface area contributed by atoms with Crippen molar-refractivity contribution in [3.05, 3.63) is 65.6 Å². The smallest absolute Gasteiger partial charge is 0.277 e. The van der Waals surface area contributed by atoms with Gasteiger partial charge >= 0.3 is 0 Å². The fraction of sp³-hybridized carbons (Fsp3) is 0.208. The summed E-state index contributed by atoms with van der Waals surface area (Å²) in [5, 5.41) is 18.3. The molecule has 2 aliphatic heterocycles. The first-order valence-corrected chi connectivity index (χ1v) is 11.3. The lowest BCUT2D eigenvalue weighted by molar-refractivity contribution is -0.136. The molecule has 1 unspecified atom stereocenters. The molecule has 0 bridgehead atoms. The molecule has 12 nitrogen and oxygen atoms in total. The van der Waals surface area contributed by atoms with Gasteiger partial charge in [-0.3, -0.25) is 29.2 Å². The first-order chi connectivity index (χ1) is 17.4. The molecule has 4 amide bonds. The van der Waals surface area contributed by atoms with Gasteiger partial charge in [0, 0.05) is 31.0 Å². The molecule has 1 fully saturated rings. The second-order valence-electron chi connectivity index (χ2n) is 8.76. The lowest BCUT2D eigenvalue weighted by atomic mass is 10.0. The molecule has 4 aromatic rings. The second-order valence-corrected chi connectivity index (χ2v) is 8.76. The molecule has 4 heterocycles. The predicted molar refractivity (Wildman–Crippen MR) is 126 cm³/mol. The molecule has 2 aliphatic rings. The van der Waals surface area contributed by atoms with Gasteiger partial charge in [0.05, 0.1) is 29.3 Å². The molecule has 0 saturated carbocycles. The van der Waals surface area contributed by atoms with Crippen LogP contribution in [0.5, 0.6) is 0 Å². The summed E-state index contributed by atoms with van der Waals surface area (Å²) in [6, 6.07) is 10.1. The van der Waals surface area contributed by atoms with Crippen molar-refractivity contribution < 1.29 is 19.2 Å². The number of benzene rings is 2. The van der Waals surface area contributed by atoms with Crippen LogP contribution in [-0.2, 0) is 23.2 Å². The fourth-order valence-corrected chi connectivity index (χ4v) is 4.70. The quantitative estimate of drug-likeness (QED) is 0.414. The third-order valence-electron chi connectivity index (χ3n) is 6.51. The van der Waals surface area contributed by atoms with E-state index in [9.17, 15) is 19.2 Å². The number of aromatic nitrogens is 5.